The Hall–Kier alpha value is -3.07. The standard InChI is InChI=1S/C29H33Cl2N3O4S/c1-5-26(29(36)32-20(2)3)33(18-22-11-9-10-21(4)16-22)28(35)19-34(27-15-14-23(30)17-25(27)31)39(37,38)24-12-7-6-8-13-24/h6-17,20,26H,5,18-19H2,1-4H3,(H,32,36)/t26-/m0/s1. The molecule has 208 valence electrons. The maximum Gasteiger partial charge on any atom is 0.264 e. The molecule has 0 saturated heterocycles. The minimum absolute atomic E-state index is 0.00126. The van der Waals surface area contributed by atoms with Crippen molar-refractivity contribution < 1.29 is 18.0 Å². The maximum atomic E-state index is 14.0. The van der Waals surface area contributed by atoms with E-state index in [-0.39, 0.29) is 34.1 Å². The lowest BCUT2D eigenvalue weighted by Crippen LogP contribution is -2.53. The highest BCUT2D eigenvalue weighted by Gasteiger charge is 2.34. The van der Waals surface area contributed by atoms with Crippen molar-refractivity contribution in [2.45, 2.75) is 57.6 Å². The van der Waals surface area contributed by atoms with Gasteiger partial charge in [0.1, 0.15) is 12.6 Å². The van der Waals surface area contributed by atoms with Gasteiger partial charge in [-0.1, -0.05) is 78.2 Å². The third-order valence-corrected chi connectivity index (χ3v) is 8.35. The Morgan fingerprint density at radius 1 is 0.949 bits per heavy atom. The van der Waals surface area contributed by atoms with Crippen LogP contribution in [0.25, 0.3) is 0 Å². The van der Waals surface area contributed by atoms with Crippen LogP contribution in [0.2, 0.25) is 10.0 Å². The average Bonchev–Trinajstić information content (AvgIpc) is 2.87. The summed E-state index contributed by atoms with van der Waals surface area (Å²) in [5, 5.41) is 3.28. The fraction of sp³-hybridized carbons (Fsp3) is 0.310. The van der Waals surface area contributed by atoms with Gasteiger partial charge >= 0.3 is 0 Å². The van der Waals surface area contributed by atoms with Crippen LogP contribution in [0.1, 0.15) is 38.3 Å². The van der Waals surface area contributed by atoms with Crippen LogP contribution in [-0.2, 0) is 26.2 Å². The Labute approximate surface area is 240 Å². The van der Waals surface area contributed by atoms with E-state index in [4.69, 9.17) is 23.2 Å². The number of sulfonamides is 1. The van der Waals surface area contributed by atoms with Crippen molar-refractivity contribution >= 4 is 50.7 Å². The third-order valence-electron chi connectivity index (χ3n) is 6.04. The molecule has 0 saturated carbocycles. The van der Waals surface area contributed by atoms with E-state index in [0.717, 1.165) is 15.4 Å². The predicted molar refractivity (Wildman–Crippen MR) is 157 cm³/mol. The number of benzene rings is 3. The fourth-order valence-electron chi connectivity index (χ4n) is 4.22. The zero-order valence-electron chi connectivity index (χ0n) is 22.4. The molecule has 0 aliphatic rings. The fourth-order valence-corrected chi connectivity index (χ4v) is 6.24. The molecule has 3 aromatic carbocycles. The molecule has 0 aromatic heterocycles. The maximum absolute atomic E-state index is 14.0. The van der Waals surface area contributed by atoms with Gasteiger partial charge in [-0.05, 0) is 63.1 Å². The number of rotatable bonds is 11. The average molecular weight is 591 g/mol. The molecule has 0 fully saturated rings. The molecule has 0 bridgehead atoms. The van der Waals surface area contributed by atoms with Crippen molar-refractivity contribution in [2.75, 3.05) is 10.8 Å². The molecule has 7 nitrogen and oxygen atoms in total. The van der Waals surface area contributed by atoms with Crippen molar-refractivity contribution in [1.29, 1.82) is 0 Å². The summed E-state index contributed by atoms with van der Waals surface area (Å²) in [4.78, 5) is 28.6. The quantitative estimate of drug-likeness (QED) is 0.305. The number of aryl methyl sites for hydroxylation is 1. The van der Waals surface area contributed by atoms with E-state index < -0.39 is 28.5 Å². The predicted octanol–water partition coefficient (Wildman–Crippen LogP) is 5.83. The summed E-state index contributed by atoms with van der Waals surface area (Å²) in [5.74, 6) is -0.858. The van der Waals surface area contributed by atoms with E-state index in [1.165, 1.54) is 35.2 Å². The second-order valence-corrected chi connectivity index (χ2v) is 12.2. The van der Waals surface area contributed by atoms with Crippen molar-refractivity contribution in [3.63, 3.8) is 0 Å². The van der Waals surface area contributed by atoms with Crippen molar-refractivity contribution in [2.24, 2.45) is 0 Å². The van der Waals surface area contributed by atoms with Crippen LogP contribution in [0, 0.1) is 6.92 Å². The van der Waals surface area contributed by atoms with Gasteiger partial charge in [0.05, 0.1) is 15.6 Å². The van der Waals surface area contributed by atoms with E-state index >= 15 is 0 Å². The molecule has 0 aliphatic carbocycles. The normalized spacial score (nSPS) is 12.2. The van der Waals surface area contributed by atoms with Gasteiger partial charge in [0, 0.05) is 17.6 Å². The van der Waals surface area contributed by atoms with Gasteiger partial charge in [0.25, 0.3) is 10.0 Å². The summed E-state index contributed by atoms with van der Waals surface area (Å²) in [5.41, 5.74) is 1.93. The summed E-state index contributed by atoms with van der Waals surface area (Å²) in [6, 6.07) is 18.9. The Balaban J connectivity index is 2.09. The molecule has 39 heavy (non-hydrogen) atoms. The van der Waals surface area contributed by atoms with Gasteiger partial charge in [-0.15, -0.1) is 0 Å². The monoisotopic (exact) mass is 589 g/mol. The number of hydrogen-bond donors (Lipinski definition) is 1. The van der Waals surface area contributed by atoms with E-state index in [2.05, 4.69) is 5.32 Å². The number of nitrogens with one attached hydrogen (secondary N) is 1. The Morgan fingerprint density at radius 3 is 2.23 bits per heavy atom. The first-order valence-electron chi connectivity index (χ1n) is 12.6. The van der Waals surface area contributed by atoms with E-state index in [0.29, 0.717) is 11.4 Å². The van der Waals surface area contributed by atoms with E-state index in [1.54, 1.807) is 18.2 Å². The summed E-state index contributed by atoms with van der Waals surface area (Å²) in [7, 11) is -4.21. The van der Waals surface area contributed by atoms with Gasteiger partial charge in [0.15, 0.2) is 0 Å². The van der Waals surface area contributed by atoms with Crippen molar-refractivity contribution in [3.05, 3.63) is 94.0 Å². The zero-order chi connectivity index (χ0) is 28.7. The Morgan fingerprint density at radius 2 is 1.64 bits per heavy atom. The summed E-state index contributed by atoms with van der Waals surface area (Å²) >= 11 is 12.5. The number of carbonyl (C=O) groups excluding carboxylic acids is 2. The van der Waals surface area contributed by atoms with Gasteiger partial charge in [-0.25, -0.2) is 8.42 Å². The van der Waals surface area contributed by atoms with Crippen LogP contribution in [0.3, 0.4) is 0 Å². The topological polar surface area (TPSA) is 86.8 Å². The highest BCUT2D eigenvalue weighted by atomic mass is 35.5. The largest absolute Gasteiger partial charge is 0.352 e. The first-order valence-corrected chi connectivity index (χ1v) is 14.8. The van der Waals surface area contributed by atoms with Gasteiger partial charge in [0.2, 0.25) is 11.8 Å². The summed E-state index contributed by atoms with van der Waals surface area (Å²) in [6.07, 6.45) is 0.337. The second kappa shape index (κ2) is 13.3. The van der Waals surface area contributed by atoms with Crippen molar-refractivity contribution in [1.82, 2.24) is 10.2 Å². The van der Waals surface area contributed by atoms with Crippen LogP contribution < -0.4 is 9.62 Å². The molecule has 3 rings (SSSR count). The Bertz CT molecular complexity index is 1420. The van der Waals surface area contributed by atoms with Crippen LogP contribution in [0.4, 0.5) is 5.69 Å². The van der Waals surface area contributed by atoms with Crippen LogP contribution in [0.15, 0.2) is 77.7 Å². The molecule has 10 heteroatoms. The Kier molecular flexibility index (Phi) is 10.4. The summed E-state index contributed by atoms with van der Waals surface area (Å²) in [6.45, 7) is 6.99. The van der Waals surface area contributed by atoms with Gasteiger partial charge in [-0.2, -0.15) is 0 Å². The minimum Gasteiger partial charge on any atom is -0.352 e. The number of halogens is 2. The van der Waals surface area contributed by atoms with Gasteiger partial charge in [-0.3, -0.25) is 13.9 Å². The molecule has 0 unspecified atom stereocenters. The molecular formula is C29H33Cl2N3O4S. The first-order chi connectivity index (χ1) is 18.4. The van der Waals surface area contributed by atoms with E-state index in [9.17, 15) is 18.0 Å². The molecule has 0 spiro atoms. The molecule has 3 aromatic rings. The number of anilines is 1. The van der Waals surface area contributed by atoms with Crippen LogP contribution in [0.5, 0.6) is 0 Å². The van der Waals surface area contributed by atoms with E-state index in [1.807, 2.05) is 52.0 Å². The molecule has 0 heterocycles. The summed E-state index contributed by atoms with van der Waals surface area (Å²) < 4.78 is 28.6. The van der Waals surface area contributed by atoms with Crippen LogP contribution in [-0.4, -0.2) is 43.8 Å². The van der Waals surface area contributed by atoms with Crippen LogP contribution >= 0.6 is 23.2 Å². The first kappa shape index (κ1) is 30.5. The lowest BCUT2D eigenvalue weighted by Gasteiger charge is -2.33. The highest BCUT2D eigenvalue weighted by Crippen LogP contribution is 2.33. The van der Waals surface area contributed by atoms with Crippen molar-refractivity contribution in [3.8, 4) is 0 Å². The number of nitrogens with zero attached hydrogens (tertiary/aromatic N) is 2. The number of amides is 2. The highest BCUT2D eigenvalue weighted by molar-refractivity contribution is 7.92. The molecule has 1 atom stereocenters. The number of carbonyl (C=O) groups is 2. The minimum atomic E-state index is -4.21. The smallest absolute Gasteiger partial charge is 0.264 e. The lowest BCUT2D eigenvalue weighted by molar-refractivity contribution is -0.140. The lowest BCUT2D eigenvalue weighted by atomic mass is 10.1. The SMILES string of the molecule is CC[C@@H](C(=O)NC(C)C)N(Cc1cccc(C)c1)C(=O)CN(c1ccc(Cl)cc1Cl)S(=O)(=O)c1ccccc1. The third kappa shape index (κ3) is 7.75. The second-order valence-electron chi connectivity index (χ2n) is 9.52. The molecule has 2 amide bonds. The molecule has 0 aliphatic heterocycles. The number of hydrogen-bond acceptors (Lipinski definition) is 4. The zero-order valence-corrected chi connectivity index (χ0v) is 24.7. The molecular weight excluding hydrogens is 557 g/mol. The molecule has 1 N–H and O–H groups in total. The van der Waals surface area contributed by atoms with Gasteiger partial charge < -0.3 is 10.2 Å². The molecule has 0 radical (unpaired) electrons.